The van der Waals surface area contributed by atoms with Gasteiger partial charge in [-0.25, -0.2) is 0 Å². The monoisotopic (exact) mass is 300 g/mol. The van der Waals surface area contributed by atoms with E-state index >= 15 is 0 Å². The molecule has 0 spiro atoms. The Morgan fingerprint density at radius 2 is 1.95 bits per heavy atom. The average molecular weight is 300 g/mol. The van der Waals surface area contributed by atoms with Gasteiger partial charge in [0.2, 0.25) is 11.8 Å². The second-order valence-electron chi connectivity index (χ2n) is 6.54. The van der Waals surface area contributed by atoms with Crippen molar-refractivity contribution in [2.75, 3.05) is 13.1 Å². The smallest absolute Gasteiger partial charge is 0.226 e. The Labute approximate surface area is 131 Å². The lowest BCUT2D eigenvalue weighted by atomic mass is 10.1. The van der Waals surface area contributed by atoms with Gasteiger partial charge in [-0.15, -0.1) is 0 Å². The number of benzene rings is 1. The van der Waals surface area contributed by atoms with E-state index in [9.17, 15) is 9.59 Å². The lowest BCUT2D eigenvalue weighted by Crippen LogP contribution is -2.37. The summed E-state index contributed by atoms with van der Waals surface area (Å²) in [5, 5.41) is 2.97. The number of aryl methyl sites for hydroxylation is 1. The van der Waals surface area contributed by atoms with Crippen LogP contribution >= 0.6 is 0 Å². The number of nitrogens with one attached hydrogen (secondary N) is 1. The van der Waals surface area contributed by atoms with Crippen LogP contribution in [0.15, 0.2) is 24.3 Å². The second-order valence-corrected chi connectivity index (χ2v) is 6.54. The number of amides is 2. The summed E-state index contributed by atoms with van der Waals surface area (Å²) in [5.41, 5.74) is 2.30. The Morgan fingerprint density at radius 1 is 1.18 bits per heavy atom. The summed E-state index contributed by atoms with van der Waals surface area (Å²) in [6, 6.07) is 8.12. The molecule has 0 radical (unpaired) electrons. The highest BCUT2D eigenvalue weighted by molar-refractivity contribution is 5.92. The van der Waals surface area contributed by atoms with Gasteiger partial charge < -0.3 is 10.2 Å². The molecule has 3 rings (SSSR count). The molecule has 2 fully saturated rings. The third kappa shape index (κ3) is 3.49. The fraction of sp³-hybridized carbons (Fsp3) is 0.556. The Morgan fingerprint density at radius 3 is 2.68 bits per heavy atom. The fourth-order valence-corrected chi connectivity index (χ4v) is 3.25. The molecule has 0 bridgehead atoms. The van der Waals surface area contributed by atoms with Gasteiger partial charge in [0, 0.05) is 19.6 Å². The molecule has 2 amide bonds. The van der Waals surface area contributed by atoms with E-state index in [-0.39, 0.29) is 23.7 Å². The molecule has 1 aromatic rings. The highest BCUT2D eigenvalue weighted by Gasteiger charge is 2.49. The minimum Gasteiger partial charge on any atom is -0.352 e. The van der Waals surface area contributed by atoms with E-state index in [1.165, 1.54) is 12.0 Å². The highest BCUT2D eigenvalue weighted by atomic mass is 16.2. The van der Waals surface area contributed by atoms with Crippen LogP contribution in [-0.2, 0) is 16.1 Å². The van der Waals surface area contributed by atoms with Crippen molar-refractivity contribution in [3.63, 3.8) is 0 Å². The SMILES string of the molecule is Cc1cccc(CNC(=O)C2CC2C(=O)N2CCCCC2)c1. The maximum absolute atomic E-state index is 12.3. The largest absolute Gasteiger partial charge is 0.352 e. The van der Waals surface area contributed by atoms with Gasteiger partial charge in [0.25, 0.3) is 0 Å². The van der Waals surface area contributed by atoms with Crippen molar-refractivity contribution in [3.05, 3.63) is 35.4 Å². The van der Waals surface area contributed by atoms with Gasteiger partial charge in [-0.3, -0.25) is 9.59 Å². The van der Waals surface area contributed by atoms with Gasteiger partial charge in [-0.05, 0) is 38.2 Å². The normalized spacial score (nSPS) is 24.0. The first kappa shape index (κ1) is 15.1. The van der Waals surface area contributed by atoms with Gasteiger partial charge in [0.05, 0.1) is 11.8 Å². The van der Waals surface area contributed by atoms with Crippen LogP contribution in [0.3, 0.4) is 0 Å². The summed E-state index contributed by atoms with van der Waals surface area (Å²) in [6.45, 7) is 4.32. The maximum atomic E-state index is 12.3. The topological polar surface area (TPSA) is 49.4 Å². The third-order valence-electron chi connectivity index (χ3n) is 4.66. The van der Waals surface area contributed by atoms with Crippen LogP contribution in [0.1, 0.15) is 36.8 Å². The van der Waals surface area contributed by atoms with Crippen molar-refractivity contribution in [2.24, 2.45) is 11.8 Å². The maximum Gasteiger partial charge on any atom is 0.226 e. The molecule has 1 aromatic carbocycles. The van der Waals surface area contributed by atoms with Crippen molar-refractivity contribution in [2.45, 2.75) is 39.2 Å². The van der Waals surface area contributed by atoms with Crippen molar-refractivity contribution < 1.29 is 9.59 Å². The van der Waals surface area contributed by atoms with E-state index in [1.807, 2.05) is 30.0 Å². The molecular formula is C18H24N2O2. The molecule has 2 atom stereocenters. The number of piperidine rings is 1. The van der Waals surface area contributed by atoms with Gasteiger partial charge >= 0.3 is 0 Å². The molecule has 1 heterocycles. The van der Waals surface area contributed by atoms with Gasteiger partial charge in [-0.1, -0.05) is 29.8 Å². The van der Waals surface area contributed by atoms with Gasteiger partial charge in [-0.2, -0.15) is 0 Å². The van der Waals surface area contributed by atoms with Crippen LogP contribution in [0.2, 0.25) is 0 Å². The lowest BCUT2D eigenvalue weighted by Gasteiger charge is -2.26. The summed E-state index contributed by atoms with van der Waals surface area (Å²) in [4.78, 5) is 26.5. The summed E-state index contributed by atoms with van der Waals surface area (Å²) >= 11 is 0. The van der Waals surface area contributed by atoms with E-state index in [4.69, 9.17) is 0 Å². The number of likely N-dealkylation sites (tertiary alicyclic amines) is 1. The van der Waals surface area contributed by atoms with E-state index < -0.39 is 0 Å². The van der Waals surface area contributed by atoms with E-state index in [1.54, 1.807) is 0 Å². The predicted molar refractivity (Wildman–Crippen MR) is 85.1 cm³/mol. The van der Waals surface area contributed by atoms with Crippen LogP contribution in [-0.4, -0.2) is 29.8 Å². The molecule has 1 N–H and O–H groups in total. The van der Waals surface area contributed by atoms with E-state index in [0.717, 1.165) is 37.9 Å². The lowest BCUT2D eigenvalue weighted by molar-refractivity contribution is -0.135. The standard InChI is InChI=1S/C18H24N2O2/c1-13-6-5-7-14(10-13)12-19-17(21)15-11-16(15)18(22)20-8-3-2-4-9-20/h5-7,10,15-16H,2-4,8-9,11-12H2,1H3,(H,19,21). The molecule has 118 valence electrons. The van der Waals surface area contributed by atoms with Crippen molar-refractivity contribution >= 4 is 11.8 Å². The molecule has 22 heavy (non-hydrogen) atoms. The van der Waals surface area contributed by atoms with Crippen LogP contribution in [0.25, 0.3) is 0 Å². The molecule has 0 aromatic heterocycles. The average Bonchev–Trinajstić information content (AvgIpc) is 3.33. The molecule has 1 saturated carbocycles. The molecule has 2 aliphatic rings. The molecular weight excluding hydrogens is 276 g/mol. The zero-order valence-electron chi connectivity index (χ0n) is 13.2. The quantitative estimate of drug-likeness (QED) is 0.927. The first-order valence-corrected chi connectivity index (χ1v) is 8.27. The second kappa shape index (κ2) is 6.51. The Bertz CT molecular complexity index is 564. The minimum absolute atomic E-state index is 0.0249. The van der Waals surface area contributed by atoms with E-state index in [0.29, 0.717) is 6.54 Å². The van der Waals surface area contributed by atoms with E-state index in [2.05, 4.69) is 11.4 Å². The fourth-order valence-electron chi connectivity index (χ4n) is 3.25. The van der Waals surface area contributed by atoms with Crippen molar-refractivity contribution in [3.8, 4) is 0 Å². The predicted octanol–water partition coefficient (Wildman–Crippen LogP) is 2.26. The summed E-state index contributed by atoms with van der Waals surface area (Å²) in [7, 11) is 0. The van der Waals surface area contributed by atoms with Crippen LogP contribution in [0.4, 0.5) is 0 Å². The first-order chi connectivity index (χ1) is 10.6. The molecule has 1 aliphatic heterocycles. The van der Waals surface area contributed by atoms with Gasteiger partial charge in [0.15, 0.2) is 0 Å². The van der Waals surface area contributed by atoms with Crippen molar-refractivity contribution in [1.82, 2.24) is 10.2 Å². The highest BCUT2D eigenvalue weighted by Crippen LogP contribution is 2.40. The summed E-state index contributed by atoms with van der Waals surface area (Å²) in [5.74, 6) is 0.0297. The van der Waals surface area contributed by atoms with Crippen molar-refractivity contribution in [1.29, 1.82) is 0 Å². The minimum atomic E-state index is -0.112. The molecule has 2 unspecified atom stereocenters. The van der Waals surface area contributed by atoms with Crippen LogP contribution < -0.4 is 5.32 Å². The van der Waals surface area contributed by atoms with Crippen LogP contribution in [0.5, 0.6) is 0 Å². The first-order valence-electron chi connectivity index (χ1n) is 8.27. The third-order valence-corrected chi connectivity index (χ3v) is 4.66. The summed E-state index contributed by atoms with van der Waals surface area (Å²) < 4.78 is 0. The number of carbonyl (C=O) groups is 2. The number of rotatable bonds is 4. The number of hydrogen-bond acceptors (Lipinski definition) is 2. The summed E-state index contributed by atoms with van der Waals surface area (Å²) in [6.07, 6.45) is 4.13. The zero-order valence-corrected chi connectivity index (χ0v) is 13.2. The molecule has 4 nitrogen and oxygen atoms in total. The number of hydrogen-bond donors (Lipinski definition) is 1. The van der Waals surface area contributed by atoms with Gasteiger partial charge in [0.1, 0.15) is 0 Å². The zero-order chi connectivity index (χ0) is 15.5. The Balaban J connectivity index is 1.47. The molecule has 1 saturated heterocycles. The number of carbonyl (C=O) groups excluding carboxylic acids is 2. The molecule has 4 heteroatoms. The number of nitrogens with zero attached hydrogens (tertiary/aromatic N) is 1. The Kier molecular flexibility index (Phi) is 4.46. The van der Waals surface area contributed by atoms with Crippen LogP contribution in [0, 0.1) is 18.8 Å². The Hall–Kier alpha value is -1.84. The molecule has 1 aliphatic carbocycles.